The van der Waals surface area contributed by atoms with Crippen molar-refractivity contribution in [1.82, 2.24) is 0 Å². The van der Waals surface area contributed by atoms with Crippen LogP contribution in [0.1, 0.15) is 35.9 Å². The second-order valence-corrected chi connectivity index (χ2v) is 9.86. The predicted molar refractivity (Wildman–Crippen MR) is 133 cm³/mol. The Morgan fingerprint density at radius 1 is 0.800 bits per heavy atom. The van der Waals surface area contributed by atoms with Gasteiger partial charge in [-0.05, 0) is 59.9 Å². The minimum Gasteiger partial charge on any atom is -0.454 e. The maximum atomic E-state index is 13.8. The molecular weight excluding hydrogens is 512 g/mol. The van der Waals surface area contributed by atoms with Crippen LogP contribution >= 0.6 is 15.9 Å². The molecule has 0 saturated heterocycles. The zero-order valence-corrected chi connectivity index (χ0v) is 20.2. The molecule has 2 N–H and O–H groups in total. The number of hydrogen-bond donors (Lipinski definition) is 2. The van der Waals surface area contributed by atoms with Gasteiger partial charge in [0.15, 0.2) is 28.8 Å². The highest BCUT2D eigenvalue weighted by Gasteiger charge is 2.37. The molecule has 176 valence electrons. The Balaban J connectivity index is 1.33. The van der Waals surface area contributed by atoms with E-state index in [1.165, 1.54) is 0 Å². The molecule has 3 aromatic rings. The Hall–Kier alpha value is -3.65. The number of carbonyl (C=O) groups excluding carboxylic acids is 1. The lowest BCUT2D eigenvalue weighted by Gasteiger charge is -2.30. The van der Waals surface area contributed by atoms with Crippen LogP contribution in [0, 0.1) is 0 Å². The van der Waals surface area contributed by atoms with Gasteiger partial charge in [-0.25, -0.2) is 0 Å². The summed E-state index contributed by atoms with van der Waals surface area (Å²) in [5.41, 5.74) is 5.55. The van der Waals surface area contributed by atoms with Gasteiger partial charge in [-0.15, -0.1) is 0 Å². The molecule has 4 aliphatic rings. The summed E-state index contributed by atoms with van der Waals surface area (Å²) in [4.78, 5) is 13.8. The van der Waals surface area contributed by atoms with E-state index in [4.69, 9.17) is 18.9 Å². The van der Waals surface area contributed by atoms with Gasteiger partial charge >= 0.3 is 0 Å². The van der Waals surface area contributed by atoms with Crippen LogP contribution in [0.15, 0.2) is 70.3 Å². The summed E-state index contributed by atoms with van der Waals surface area (Å²) in [5, 5.41) is 7.21. The zero-order chi connectivity index (χ0) is 23.5. The van der Waals surface area contributed by atoms with E-state index >= 15 is 0 Å². The van der Waals surface area contributed by atoms with Crippen LogP contribution in [-0.2, 0) is 4.79 Å². The van der Waals surface area contributed by atoms with E-state index in [1.54, 1.807) is 0 Å². The number of benzene rings is 3. The average molecular weight is 533 g/mol. The summed E-state index contributed by atoms with van der Waals surface area (Å²) in [5.74, 6) is 3.00. The molecule has 3 aromatic carbocycles. The fourth-order valence-electron chi connectivity index (χ4n) is 5.28. The fraction of sp³-hybridized carbons (Fsp3) is 0.222. The summed E-state index contributed by atoms with van der Waals surface area (Å²) in [6.45, 7) is 0.422. The Morgan fingerprint density at radius 2 is 1.51 bits per heavy atom. The molecule has 2 atom stereocenters. The minimum absolute atomic E-state index is 0.0364. The summed E-state index contributed by atoms with van der Waals surface area (Å²) < 4.78 is 23.1. The number of carbonyl (C=O) groups is 1. The number of rotatable bonds is 2. The molecular formula is C27H21BrN2O5. The van der Waals surface area contributed by atoms with Crippen molar-refractivity contribution in [3.63, 3.8) is 0 Å². The van der Waals surface area contributed by atoms with Crippen LogP contribution < -0.4 is 29.6 Å². The normalized spacial score (nSPS) is 21.6. The van der Waals surface area contributed by atoms with Crippen molar-refractivity contribution >= 4 is 33.1 Å². The highest BCUT2D eigenvalue weighted by molar-refractivity contribution is 9.10. The summed E-state index contributed by atoms with van der Waals surface area (Å²) in [6.07, 6.45) is 1.12. The summed E-state index contributed by atoms with van der Waals surface area (Å²) in [7, 11) is 0. The van der Waals surface area contributed by atoms with Crippen molar-refractivity contribution in [2.24, 2.45) is 0 Å². The van der Waals surface area contributed by atoms with Gasteiger partial charge in [0.1, 0.15) is 0 Å². The molecule has 3 heterocycles. The molecule has 35 heavy (non-hydrogen) atoms. The number of anilines is 2. The van der Waals surface area contributed by atoms with Gasteiger partial charge in [-0.2, -0.15) is 0 Å². The number of hydrogen-bond acceptors (Lipinski definition) is 7. The number of fused-ring (bicyclic) bond motifs is 3. The van der Waals surface area contributed by atoms with Crippen molar-refractivity contribution in [2.45, 2.75) is 24.8 Å². The van der Waals surface area contributed by atoms with Crippen molar-refractivity contribution in [2.75, 3.05) is 24.2 Å². The summed E-state index contributed by atoms with van der Waals surface area (Å²) >= 11 is 3.71. The third kappa shape index (κ3) is 3.43. The van der Waals surface area contributed by atoms with Crippen LogP contribution in [0.25, 0.3) is 0 Å². The van der Waals surface area contributed by atoms with Crippen LogP contribution in [0.2, 0.25) is 0 Å². The van der Waals surface area contributed by atoms with Gasteiger partial charge in [0.2, 0.25) is 13.6 Å². The Kier molecular flexibility index (Phi) is 4.70. The van der Waals surface area contributed by atoms with Gasteiger partial charge < -0.3 is 29.6 Å². The first-order chi connectivity index (χ1) is 17.1. The number of ether oxygens (including phenoxy) is 4. The maximum Gasteiger partial charge on any atom is 0.231 e. The Labute approximate surface area is 210 Å². The standard InChI is InChI=1S/C27H21BrN2O5/c28-17-11-25-24(34-13-35-25)10-16(17)27-26-20(29-18-3-1-2-4-19(18)30-27)7-15(8-21(26)31)14-5-6-22-23(9-14)33-12-32-22/h1-6,9-11,15,27,29-30H,7-8,12-13H2/t15-,27-/m1/s1. The number of allylic oxidation sites excluding steroid dienone is 1. The van der Waals surface area contributed by atoms with E-state index in [0.29, 0.717) is 24.3 Å². The third-order valence-corrected chi connectivity index (χ3v) is 7.67. The summed E-state index contributed by atoms with van der Waals surface area (Å²) in [6, 6.07) is 17.5. The zero-order valence-electron chi connectivity index (χ0n) is 18.6. The van der Waals surface area contributed by atoms with Crippen LogP contribution in [0.4, 0.5) is 11.4 Å². The highest BCUT2D eigenvalue weighted by Crippen LogP contribution is 2.48. The number of para-hydroxylation sites is 2. The van der Waals surface area contributed by atoms with E-state index in [0.717, 1.165) is 49.7 Å². The third-order valence-electron chi connectivity index (χ3n) is 6.98. The number of halogens is 1. The van der Waals surface area contributed by atoms with E-state index in [2.05, 4.69) is 26.6 Å². The monoisotopic (exact) mass is 532 g/mol. The smallest absolute Gasteiger partial charge is 0.231 e. The molecule has 0 amide bonds. The van der Waals surface area contributed by atoms with Crippen molar-refractivity contribution in [1.29, 1.82) is 0 Å². The number of ketones is 1. The molecule has 7 nitrogen and oxygen atoms in total. The van der Waals surface area contributed by atoms with Gasteiger partial charge in [-0.1, -0.05) is 34.1 Å². The molecule has 3 aliphatic heterocycles. The van der Waals surface area contributed by atoms with Gasteiger partial charge in [0, 0.05) is 22.2 Å². The van der Waals surface area contributed by atoms with E-state index in [-0.39, 0.29) is 31.3 Å². The molecule has 7 rings (SSSR count). The molecule has 8 heteroatoms. The van der Waals surface area contributed by atoms with Gasteiger partial charge in [0.05, 0.1) is 17.4 Å². The van der Waals surface area contributed by atoms with Crippen molar-refractivity contribution < 1.29 is 23.7 Å². The molecule has 0 bridgehead atoms. The molecule has 0 saturated carbocycles. The first-order valence-corrected chi connectivity index (χ1v) is 12.3. The lowest BCUT2D eigenvalue weighted by atomic mass is 9.78. The van der Waals surface area contributed by atoms with Crippen LogP contribution in [-0.4, -0.2) is 19.4 Å². The van der Waals surface area contributed by atoms with Crippen LogP contribution in [0.5, 0.6) is 23.0 Å². The second-order valence-electron chi connectivity index (χ2n) is 9.01. The predicted octanol–water partition coefficient (Wildman–Crippen LogP) is 5.89. The van der Waals surface area contributed by atoms with Crippen molar-refractivity contribution in [3.05, 3.63) is 81.5 Å². The Morgan fingerprint density at radius 3 is 2.34 bits per heavy atom. The van der Waals surface area contributed by atoms with Crippen molar-refractivity contribution in [3.8, 4) is 23.0 Å². The highest BCUT2D eigenvalue weighted by atomic mass is 79.9. The second kappa shape index (κ2) is 7.95. The number of nitrogens with one attached hydrogen (secondary N) is 2. The van der Waals surface area contributed by atoms with Crippen LogP contribution in [0.3, 0.4) is 0 Å². The largest absolute Gasteiger partial charge is 0.454 e. The van der Waals surface area contributed by atoms with E-state index < -0.39 is 0 Å². The number of Topliss-reactive ketones (excluding diaryl/α,β-unsaturated/α-hetero) is 1. The molecule has 0 fully saturated rings. The van der Waals surface area contributed by atoms with Gasteiger partial charge in [-0.3, -0.25) is 4.79 Å². The molecule has 0 unspecified atom stereocenters. The van der Waals surface area contributed by atoms with E-state index in [9.17, 15) is 4.79 Å². The average Bonchev–Trinajstić information content (AvgIpc) is 3.48. The quantitative estimate of drug-likeness (QED) is 0.426. The SMILES string of the molecule is O=C1C[C@H](c2ccc3c(c2)OCO3)CC2=C1[C@@H](c1cc3c(cc1Br)OCO3)Nc1ccccc1N2. The van der Waals surface area contributed by atoms with Gasteiger partial charge in [0.25, 0.3) is 0 Å². The lowest BCUT2D eigenvalue weighted by Crippen LogP contribution is -2.27. The minimum atomic E-state index is -0.352. The fourth-order valence-corrected chi connectivity index (χ4v) is 5.83. The maximum absolute atomic E-state index is 13.8. The first kappa shape index (κ1) is 20.7. The van der Waals surface area contributed by atoms with E-state index in [1.807, 2.05) is 54.6 Å². The topological polar surface area (TPSA) is 78.1 Å². The first-order valence-electron chi connectivity index (χ1n) is 11.5. The molecule has 0 radical (unpaired) electrons. The Bertz CT molecular complexity index is 1420. The molecule has 1 aliphatic carbocycles. The molecule has 0 aromatic heterocycles. The molecule has 0 spiro atoms. The lowest BCUT2D eigenvalue weighted by molar-refractivity contribution is -0.116.